The van der Waals surface area contributed by atoms with Crippen molar-refractivity contribution in [2.24, 2.45) is 0 Å². The van der Waals surface area contributed by atoms with Crippen LogP contribution in [0.15, 0.2) is 60.7 Å². The summed E-state index contributed by atoms with van der Waals surface area (Å²) >= 11 is 1.51. The van der Waals surface area contributed by atoms with E-state index in [2.05, 4.69) is 34.6 Å². The lowest BCUT2D eigenvalue weighted by Crippen LogP contribution is -2.14. The quantitative estimate of drug-likeness (QED) is 0.577. The third-order valence-corrected chi connectivity index (χ3v) is 4.95. The minimum Gasteiger partial charge on any atom is -0.302 e. The van der Waals surface area contributed by atoms with Gasteiger partial charge < -0.3 is 5.32 Å². The van der Waals surface area contributed by atoms with Gasteiger partial charge >= 0.3 is 0 Å². The summed E-state index contributed by atoms with van der Waals surface area (Å²) in [4.78, 5) is 16.9. The van der Waals surface area contributed by atoms with Gasteiger partial charge in [-0.15, -0.1) is 0 Å². The van der Waals surface area contributed by atoms with Crippen LogP contribution in [0.4, 0.5) is 5.13 Å². The molecule has 0 unspecified atom stereocenters. The summed E-state index contributed by atoms with van der Waals surface area (Å²) < 4.78 is 1.08. The molecule has 0 bridgehead atoms. The minimum atomic E-state index is -0.0396. The van der Waals surface area contributed by atoms with Crippen molar-refractivity contribution in [2.75, 3.05) is 5.32 Å². The molecule has 0 saturated heterocycles. The van der Waals surface area contributed by atoms with Crippen LogP contribution in [0.5, 0.6) is 0 Å². The first-order valence-electron chi connectivity index (χ1n) is 7.83. The maximum Gasteiger partial charge on any atom is 0.230 e. The van der Waals surface area contributed by atoms with Crippen molar-refractivity contribution in [1.29, 1.82) is 0 Å². The predicted molar refractivity (Wildman–Crippen MR) is 101 cm³/mol. The fourth-order valence-corrected chi connectivity index (χ4v) is 3.67. The van der Waals surface area contributed by atoms with E-state index in [4.69, 9.17) is 0 Å². The van der Waals surface area contributed by atoms with Gasteiger partial charge in [0.05, 0.1) is 16.6 Å². The number of carbonyl (C=O) groups is 1. The number of thiazole rings is 1. The SMILES string of the molecule is Cc1ccc(CC(=O)Nc2nc3c(ccc4ccccc43)s2)cc1. The molecule has 3 nitrogen and oxygen atoms in total. The Morgan fingerprint density at radius 2 is 1.83 bits per heavy atom. The van der Waals surface area contributed by atoms with E-state index >= 15 is 0 Å². The first-order valence-corrected chi connectivity index (χ1v) is 8.64. The number of benzene rings is 3. The molecule has 0 aliphatic carbocycles. The number of carbonyl (C=O) groups excluding carboxylic acids is 1. The molecule has 0 aliphatic rings. The number of nitrogens with one attached hydrogen (secondary N) is 1. The monoisotopic (exact) mass is 332 g/mol. The molecule has 4 aromatic rings. The topological polar surface area (TPSA) is 42.0 Å². The average molecular weight is 332 g/mol. The van der Waals surface area contributed by atoms with Gasteiger partial charge in [0.25, 0.3) is 0 Å². The zero-order valence-corrected chi connectivity index (χ0v) is 14.1. The smallest absolute Gasteiger partial charge is 0.230 e. The van der Waals surface area contributed by atoms with Gasteiger partial charge in [0, 0.05) is 5.39 Å². The summed E-state index contributed by atoms with van der Waals surface area (Å²) in [5.74, 6) is -0.0396. The van der Waals surface area contributed by atoms with Crippen LogP contribution in [0.1, 0.15) is 11.1 Å². The second-order valence-electron chi connectivity index (χ2n) is 5.86. The highest BCUT2D eigenvalue weighted by Crippen LogP contribution is 2.31. The fourth-order valence-electron chi connectivity index (χ4n) is 2.77. The molecule has 0 fully saturated rings. The van der Waals surface area contributed by atoms with Crippen LogP contribution < -0.4 is 5.32 Å². The van der Waals surface area contributed by atoms with Gasteiger partial charge in [-0.05, 0) is 23.9 Å². The Hall–Kier alpha value is -2.72. The van der Waals surface area contributed by atoms with Gasteiger partial charge in [-0.1, -0.05) is 71.5 Å². The predicted octanol–water partition coefficient (Wildman–Crippen LogP) is 4.94. The maximum atomic E-state index is 12.3. The van der Waals surface area contributed by atoms with Gasteiger partial charge in [-0.3, -0.25) is 4.79 Å². The van der Waals surface area contributed by atoms with Crippen molar-refractivity contribution in [2.45, 2.75) is 13.3 Å². The van der Waals surface area contributed by atoms with Crippen molar-refractivity contribution in [1.82, 2.24) is 4.98 Å². The molecule has 1 aromatic heterocycles. The van der Waals surface area contributed by atoms with E-state index in [9.17, 15) is 4.79 Å². The number of aromatic nitrogens is 1. The number of anilines is 1. The van der Waals surface area contributed by atoms with Gasteiger partial charge in [0.2, 0.25) is 5.91 Å². The zero-order chi connectivity index (χ0) is 16.5. The van der Waals surface area contributed by atoms with E-state index < -0.39 is 0 Å². The third-order valence-electron chi connectivity index (χ3n) is 4.02. The van der Waals surface area contributed by atoms with Gasteiger partial charge in [-0.25, -0.2) is 4.98 Å². The van der Waals surface area contributed by atoms with Crippen molar-refractivity contribution in [3.63, 3.8) is 0 Å². The van der Waals surface area contributed by atoms with Crippen LogP contribution in [0, 0.1) is 6.92 Å². The number of amides is 1. The molecule has 0 atom stereocenters. The fraction of sp³-hybridized carbons (Fsp3) is 0.100. The molecule has 0 saturated carbocycles. The van der Waals surface area contributed by atoms with E-state index in [1.165, 1.54) is 16.9 Å². The Labute approximate surface area is 144 Å². The summed E-state index contributed by atoms with van der Waals surface area (Å²) in [5, 5.41) is 5.86. The van der Waals surface area contributed by atoms with Gasteiger partial charge in [0.15, 0.2) is 5.13 Å². The lowest BCUT2D eigenvalue weighted by atomic mass is 10.1. The van der Waals surface area contributed by atoms with Crippen molar-refractivity contribution < 1.29 is 4.79 Å². The van der Waals surface area contributed by atoms with Crippen LogP contribution in [0.3, 0.4) is 0 Å². The molecule has 3 aromatic carbocycles. The number of hydrogen-bond acceptors (Lipinski definition) is 3. The van der Waals surface area contributed by atoms with Crippen LogP contribution in [-0.2, 0) is 11.2 Å². The number of aryl methyl sites for hydroxylation is 1. The molecule has 24 heavy (non-hydrogen) atoms. The summed E-state index contributed by atoms with van der Waals surface area (Å²) in [6, 6.07) is 20.3. The molecular weight excluding hydrogens is 316 g/mol. The highest BCUT2D eigenvalue weighted by Gasteiger charge is 2.10. The Morgan fingerprint density at radius 3 is 2.67 bits per heavy atom. The van der Waals surface area contributed by atoms with E-state index in [0.29, 0.717) is 11.6 Å². The molecule has 1 amide bonds. The molecule has 0 radical (unpaired) electrons. The summed E-state index contributed by atoms with van der Waals surface area (Å²) in [6.07, 6.45) is 0.358. The second-order valence-corrected chi connectivity index (χ2v) is 6.89. The highest BCUT2D eigenvalue weighted by atomic mass is 32.1. The molecule has 1 heterocycles. The number of rotatable bonds is 3. The standard InChI is InChI=1S/C20H16N2OS/c1-13-6-8-14(9-7-13)12-18(23)21-20-22-19-16-5-3-2-4-15(16)10-11-17(19)24-20/h2-11H,12H2,1H3,(H,21,22,23). The van der Waals surface area contributed by atoms with Crippen LogP contribution in [0.2, 0.25) is 0 Å². The first-order chi connectivity index (χ1) is 11.7. The molecule has 1 N–H and O–H groups in total. The number of hydrogen-bond donors (Lipinski definition) is 1. The Morgan fingerprint density at radius 1 is 1.04 bits per heavy atom. The maximum absolute atomic E-state index is 12.3. The summed E-state index contributed by atoms with van der Waals surface area (Å²) in [6.45, 7) is 2.04. The summed E-state index contributed by atoms with van der Waals surface area (Å²) in [5.41, 5.74) is 3.14. The lowest BCUT2D eigenvalue weighted by molar-refractivity contribution is -0.115. The lowest BCUT2D eigenvalue weighted by Gasteiger charge is -2.02. The molecule has 4 heteroatoms. The van der Waals surface area contributed by atoms with E-state index in [-0.39, 0.29) is 5.91 Å². The van der Waals surface area contributed by atoms with E-state index in [0.717, 1.165) is 26.6 Å². The number of fused-ring (bicyclic) bond motifs is 3. The van der Waals surface area contributed by atoms with Gasteiger partial charge in [0.1, 0.15) is 0 Å². The average Bonchev–Trinajstić information content (AvgIpc) is 2.99. The zero-order valence-electron chi connectivity index (χ0n) is 13.2. The van der Waals surface area contributed by atoms with Crippen molar-refractivity contribution >= 4 is 43.4 Å². The van der Waals surface area contributed by atoms with Crippen LogP contribution in [-0.4, -0.2) is 10.9 Å². The van der Waals surface area contributed by atoms with Crippen LogP contribution in [0.25, 0.3) is 21.0 Å². The van der Waals surface area contributed by atoms with E-state index in [1.807, 2.05) is 43.3 Å². The highest BCUT2D eigenvalue weighted by molar-refractivity contribution is 7.22. The Bertz CT molecular complexity index is 1030. The van der Waals surface area contributed by atoms with Gasteiger partial charge in [-0.2, -0.15) is 0 Å². The number of nitrogens with zero attached hydrogens (tertiary/aromatic N) is 1. The molecular formula is C20H16N2OS. The van der Waals surface area contributed by atoms with Crippen molar-refractivity contribution in [3.8, 4) is 0 Å². The second kappa shape index (κ2) is 6.06. The Balaban J connectivity index is 1.59. The van der Waals surface area contributed by atoms with Crippen LogP contribution >= 0.6 is 11.3 Å². The molecule has 118 valence electrons. The minimum absolute atomic E-state index is 0.0396. The van der Waals surface area contributed by atoms with Crippen molar-refractivity contribution in [3.05, 3.63) is 71.8 Å². The Kier molecular flexibility index (Phi) is 3.75. The summed E-state index contributed by atoms with van der Waals surface area (Å²) in [7, 11) is 0. The van der Waals surface area contributed by atoms with E-state index in [1.54, 1.807) is 0 Å². The largest absolute Gasteiger partial charge is 0.302 e. The normalized spacial score (nSPS) is 11.0. The molecule has 0 spiro atoms. The molecule has 0 aliphatic heterocycles. The molecule has 4 rings (SSSR count). The third kappa shape index (κ3) is 2.88. The first kappa shape index (κ1) is 14.8.